The number of rotatable bonds is 2. The fourth-order valence-electron chi connectivity index (χ4n) is 2.34. The normalized spacial score (nSPS) is 26.2. The molecule has 0 aliphatic heterocycles. The summed E-state index contributed by atoms with van der Waals surface area (Å²) in [5, 5.41) is 0. The van der Waals surface area contributed by atoms with Gasteiger partial charge in [0, 0.05) is 12.0 Å². The molecule has 86 valence electrons. The van der Waals surface area contributed by atoms with Gasteiger partial charge in [-0.2, -0.15) is 0 Å². The van der Waals surface area contributed by atoms with Crippen LogP contribution < -0.4 is 5.73 Å². The zero-order valence-electron chi connectivity index (χ0n) is 9.86. The van der Waals surface area contributed by atoms with Gasteiger partial charge in [0.1, 0.15) is 0 Å². The van der Waals surface area contributed by atoms with E-state index in [1.807, 2.05) is 18.2 Å². The maximum absolute atomic E-state index is 11.6. The lowest BCUT2D eigenvalue weighted by atomic mass is 9.98. The van der Waals surface area contributed by atoms with Crippen molar-refractivity contribution in [3.8, 4) is 0 Å². The van der Waals surface area contributed by atoms with Crippen LogP contribution in [-0.2, 0) is 4.74 Å². The third-order valence-electron chi connectivity index (χ3n) is 3.61. The molecule has 2 atom stereocenters. The average molecular weight is 219 g/mol. The van der Waals surface area contributed by atoms with Crippen molar-refractivity contribution < 1.29 is 9.53 Å². The first kappa shape index (κ1) is 11.1. The zero-order valence-corrected chi connectivity index (χ0v) is 9.86. The van der Waals surface area contributed by atoms with E-state index < -0.39 is 0 Å². The lowest BCUT2D eigenvalue weighted by Crippen LogP contribution is -2.08. The number of carbonyl (C=O) groups is 1. The standard InChI is InChI=1S/C13H17NO2/c1-13(2)10(11(13)14)8-6-4-5-7-9(8)12(15)16-3/h4-7,10-11H,14H2,1-3H3/t10-,11-/m1/s1. The van der Waals surface area contributed by atoms with E-state index in [1.54, 1.807) is 6.07 Å². The van der Waals surface area contributed by atoms with E-state index in [0.717, 1.165) is 5.56 Å². The van der Waals surface area contributed by atoms with E-state index in [1.165, 1.54) is 7.11 Å². The molecule has 0 aromatic heterocycles. The van der Waals surface area contributed by atoms with E-state index in [4.69, 9.17) is 10.5 Å². The number of hydrogen-bond donors (Lipinski definition) is 1. The van der Waals surface area contributed by atoms with Crippen LogP contribution in [0.25, 0.3) is 0 Å². The summed E-state index contributed by atoms with van der Waals surface area (Å²) in [5.41, 5.74) is 7.75. The summed E-state index contributed by atoms with van der Waals surface area (Å²) >= 11 is 0. The third kappa shape index (κ3) is 1.52. The number of ether oxygens (including phenoxy) is 1. The summed E-state index contributed by atoms with van der Waals surface area (Å²) in [6, 6.07) is 7.66. The fraction of sp³-hybridized carbons (Fsp3) is 0.462. The fourth-order valence-corrected chi connectivity index (χ4v) is 2.34. The Hall–Kier alpha value is -1.35. The number of esters is 1. The number of methoxy groups -OCH3 is 1. The third-order valence-corrected chi connectivity index (χ3v) is 3.61. The van der Waals surface area contributed by atoms with Gasteiger partial charge in [-0.15, -0.1) is 0 Å². The molecule has 1 aliphatic rings. The Morgan fingerprint density at radius 2 is 1.94 bits per heavy atom. The van der Waals surface area contributed by atoms with Crippen LogP contribution in [0.4, 0.5) is 0 Å². The van der Waals surface area contributed by atoms with Crippen LogP contribution in [0.15, 0.2) is 24.3 Å². The first-order valence-corrected chi connectivity index (χ1v) is 5.43. The molecular formula is C13H17NO2. The van der Waals surface area contributed by atoms with Gasteiger partial charge in [0.2, 0.25) is 0 Å². The van der Waals surface area contributed by atoms with Crippen LogP contribution in [0, 0.1) is 5.41 Å². The quantitative estimate of drug-likeness (QED) is 0.773. The van der Waals surface area contributed by atoms with Gasteiger partial charge in [-0.05, 0) is 17.0 Å². The molecule has 3 nitrogen and oxygen atoms in total. The molecule has 0 spiro atoms. The zero-order chi connectivity index (χ0) is 11.9. The number of benzene rings is 1. The van der Waals surface area contributed by atoms with E-state index in [9.17, 15) is 4.79 Å². The highest BCUT2D eigenvalue weighted by Gasteiger charge is 2.57. The number of carbonyl (C=O) groups excluding carboxylic acids is 1. The Bertz CT molecular complexity index is 426. The van der Waals surface area contributed by atoms with E-state index in [2.05, 4.69) is 13.8 Å². The Labute approximate surface area is 95.6 Å². The molecule has 0 amide bonds. The predicted molar refractivity (Wildman–Crippen MR) is 62.3 cm³/mol. The summed E-state index contributed by atoms with van der Waals surface area (Å²) in [6.45, 7) is 4.24. The Balaban J connectivity index is 2.39. The second-order valence-electron chi connectivity index (χ2n) is 4.90. The van der Waals surface area contributed by atoms with Gasteiger partial charge < -0.3 is 10.5 Å². The first-order chi connectivity index (χ1) is 7.50. The van der Waals surface area contributed by atoms with Crippen molar-refractivity contribution in [1.82, 2.24) is 0 Å². The van der Waals surface area contributed by atoms with E-state index in [-0.39, 0.29) is 23.3 Å². The molecule has 0 bridgehead atoms. The minimum absolute atomic E-state index is 0.0735. The van der Waals surface area contributed by atoms with Crippen molar-refractivity contribution in [3.63, 3.8) is 0 Å². The lowest BCUT2D eigenvalue weighted by Gasteiger charge is -2.08. The van der Waals surface area contributed by atoms with Crippen molar-refractivity contribution in [1.29, 1.82) is 0 Å². The smallest absolute Gasteiger partial charge is 0.338 e. The molecule has 2 rings (SSSR count). The number of nitrogens with two attached hydrogens (primary N) is 1. The van der Waals surface area contributed by atoms with Gasteiger partial charge in [0.05, 0.1) is 12.7 Å². The Morgan fingerprint density at radius 1 is 1.38 bits per heavy atom. The van der Waals surface area contributed by atoms with Crippen molar-refractivity contribution in [2.45, 2.75) is 25.8 Å². The van der Waals surface area contributed by atoms with E-state index in [0.29, 0.717) is 5.56 Å². The van der Waals surface area contributed by atoms with Crippen LogP contribution >= 0.6 is 0 Å². The highest BCUT2D eigenvalue weighted by Crippen LogP contribution is 2.57. The highest BCUT2D eigenvalue weighted by atomic mass is 16.5. The van der Waals surface area contributed by atoms with E-state index >= 15 is 0 Å². The molecular weight excluding hydrogens is 202 g/mol. The summed E-state index contributed by atoms with van der Waals surface area (Å²) in [5.74, 6) is -0.0340. The number of hydrogen-bond acceptors (Lipinski definition) is 3. The Morgan fingerprint density at radius 3 is 2.44 bits per heavy atom. The van der Waals surface area contributed by atoms with Crippen LogP contribution in [0.5, 0.6) is 0 Å². The SMILES string of the molecule is COC(=O)c1ccccc1[C@@H]1[C@@H](N)C1(C)C. The molecule has 0 heterocycles. The van der Waals surface area contributed by atoms with Crippen molar-refractivity contribution >= 4 is 5.97 Å². The second-order valence-corrected chi connectivity index (χ2v) is 4.90. The topological polar surface area (TPSA) is 52.3 Å². The maximum atomic E-state index is 11.6. The lowest BCUT2D eigenvalue weighted by molar-refractivity contribution is 0.0599. The van der Waals surface area contributed by atoms with Gasteiger partial charge in [0.15, 0.2) is 0 Å². The summed E-state index contributed by atoms with van der Waals surface area (Å²) in [7, 11) is 1.40. The largest absolute Gasteiger partial charge is 0.465 e. The Kier molecular flexibility index (Phi) is 2.50. The molecule has 0 unspecified atom stereocenters. The minimum atomic E-state index is -0.287. The molecule has 1 saturated carbocycles. The summed E-state index contributed by atoms with van der Waals surface area (Å²) in [6.07, 6.45) is 0. The second kappa shape index (κ2) is 3.59. The molecule has 1 aliphatic carbocycles. The van der Waals surface area contributed by atoms with Crippen LogP contribution in [-0.4, -0.2) is 19.1 Å². The monoisotopic (exact) mass is 219 g/mol. The van der Waals surface area contributed by atoms with Crippen LogP contribution in [0.2, 0.25) is 0 Å². The molecule has 0 radical (unpaired) electrons. The van der Waals surface area contributed by atoms with Gasteiger partial charge >= 0.3 is 5.97 Å². The maximum Gasteiger partial charge on any atom is 0.338 e. The molecule has 1 aromatic carbocycles. The highest BCUT2D eigenvalue weighted by molar-refractivity contribution is 5.91. The van der Waals surface area contributed by atoms with Gasteiger partial charge in [-0.1, -0.05) is 32.0 Å². The van der Waals surface area contributed by atoms with Crippen molar-refractivity contribution in [3.05, 3.63) is 35.4 Å². The van der Waals surface area contributed by atoms with Crippen LogP contribution in [0.1, 0.15) is 35.7 Å². The van der Waals surface area contributed by atoms with Crippen LogP contribution in [0.3, 0.4) is 0 Å². The average Bonchev–Trinajstić information content (AvgIpc) is 2.77. The minimum Gasteiger partial charge on any atom is -0.465 e. The molecule has 1 fully saturated rings. The molecule has 1 aromatic rings. The molecule has 0 saturated heterocycles. The molecule has 16 heavy (non-hydrogen) atoms. The summed E-state index contributed by atoms with van der Waals surface area (Å²) in [4.78, 5) is 11.6. The van der Waals surface area contributed by atoms with Gasteiger partial charge in [-0.25, -0.2) is 4.79 Å². The van der Waals surface area contributed by atoms with Gasteiger partial charge in [0.25, 0.3) is 0 Å². The summed E-state index contributed by atoms with van der Waals surface area (Å²) < 4.78 is 4.78. The van der Waals surface area contributed by atoms with Gasteiger partial charge in [-0.3, -0.25) is 0 Å². The predicted octanol–water partition coefficient (Wildman–Crippen LogP) is 1.92. The van der Waals surface area contributed by atoms with Crippen molar-refractivity contribution in [2.75, 3.05) is 7.11 Å². The first-order valence-electron chi connectivity index (χ1n) is 5.43. The molecule has 3 heteroatoms. The van der Waals surface area contributed by atoms with Crippen molar-refractivity contribution in [2.24, 2.45) is 11.1 Å². The molecule has 2 N–H and O–H groups in total.